The van der Waals surface area contributed by atoms with Crippen LogP contribution in [-0.2, 0) is 13.1 Å². The zero-order valence-electron chi connectivity index (χ0n) is 12.9. The predicted octanol–water partition coefficient (Wildman–Crippen LogP) is 3.89. The number of nitrogens with zero attached hydrogens (tertiary/aromatic N) is 1. The Balaban J connectivity index is 2.07. The zero-order valence-corrected chi connectivity index (χ0v) is 12.9. The molecule has 2 aromatic rings. The number of benzene rings is 1. The fourth-order valence-electron chi connectivity index (χ4n) is 2.40. The molecule has 0 radical (unpaired) electrons. The maximum Gasteiger partial charge on any atom is 0.130 e. The lowest BCUT2D eigenvalue weighted by atomic mass is 10.1. The van der Waals surface area contributed by atoms with Gasteiger partial charge < -0.3 is 9.52 Å². The van der Waals surface area contributed by atoms with Crippen molar-refractivity contribution in [2.75, 3.05) is 6.54 Å². The monoisotopic (exact) mass is 321 g/mol. The molecule has 0 fully saturated rings. The standard InChI is InChI=1S/C18H21F2NO2/c1-2-3-5-16(22)12-21(13-17-6-4-9-23-17)11-14-7-8-15(19)10-18(14)20/h2,4,6-10,16,22H,1,3,5,11-13H2/t16-/m0/s1. The number of hydrogen-bond donors (Lipinski definition) is 1. The average Bonchev–Trinajstić information content (AvgIpc) is 3.01. The first kappa shape index (κ1) is 17.4. The first-order valence-corrected chi connectivity index (χ1v) is 7.56. The number of rotatable bonds is 9. The molecule has 2 rings (SSSR count). The minimum atomic E-state index is -0.602. The largest absolute Gasteiger partial charge is 0.468 e. The van der Waals surface area contributed by atoms with Crippen LogP contribution < -0.4 is 0 Å². The van der Waals surface area contributed by atoms with E-state index in [9.17, 15) is 13.9 Å². The van der Waals surface area contributed by atoms with Crippen LogP contribution in [0.4, 0.5) is 8.78 Å². The van der Waals surface area contributed by atoms with Gasteiger partial charge in [0.05, 0.1) is 18.9 Å². The van der Waals surface area contributed by atoms with Gasteiger partial charge in [0, 0.05) is 24.7 Å². The minimum Gasteiger partial charge on any atom is -0.468 e. The van der Waals surface area contributed by atoms with Crippen LogP contribution in [0.15, 0.2) is 53.7 Å². The molecule has 1 aromatic heterocycles. The highest BCUT2D eigenvalue weighted by atomic mass is 19.1. The molecule has 1 aromatic carbocycles. The van der Waals surface area contributed by atoms with Crippen molar-refractivity contribution < 1.29 is 18.3 Å². The molecule has 0 aliphatic rings. The lowest BCUT2D eigenvalue weighted by Gasteiger charge is -2.24. The second kappa shape index (κ2) is 8.60. The molecular formula is C18H21F2NO2. The number of aliphatic hydroxyl groups is 1. The molecule has 0 spiro atoms. The van der Waals surface area contributed by atoms with Crippen LogP contribution in [-0.4, -0.2) is 22.7 Å². The van der Waals surface area contributed by atoms with Crippen LogP contribution in [0, 0.1) is 11.6 Å². The summed E-state index contributed by atoms with van der Waals surface area (Å²) in [6.07, 6.45) is 4.07. The van der Waals surface area contributed by atoms with E-state index in [1.54, 1.807) is 18.4 Å². The van der Waals surface area contributed by atoms with Gasteiger partial charge in [-0.3, -0.25) is 4.90 Å². The van der Waals surface area contributed by atoms with Crippen LogP contribution in [0.25, 0.3) is 0 Å². The Hall–Kier alpha value is -1.98. The molecular weight excluding hydrogens is 300 g/mol. The van der Waals surface area contributed by atoms with E-state index in [0.717, 1.165) is 11.8 Å². The Bertz CT molecular complexity index is 613. The van der Waals surface area contributed by atoms with E-state index >= 15 is 0 Å². The summed E-state index contributed by atoms with van der Waals surface area (Å²) in [4.78, 5) is 1.88. The number of hydrogen-bond acceptors (Lipinski definition) is 3. The van der Waals surface area contributed by atoms with E-state index < -0.39 is 17.7 Å². The average molecular weight is 321 g/mol. The topological polar surface area (TPSA) is 36.6 Å². The predicted molar refractivity (Wildman–Crippen MR) is 84.6 cm³/mol. The Morgan fingerprint density at radius 1 is 1.26 bits per heavy atom. The Labute approximate surface area is 134 Å². The molecule has 0 aliphatic heterocycles. The molecule has 5 heteroatoms. The first-order valence-electron chi connectivity index (χ1n) is 7.56. The molecule has 0 unspecified atom stereocenters. The summed E-state index contributed by atoms with van der Waals surface area (Å²) in [5, 5.41) is 10.1. The summed E-state index contributed by atoms with van der Waals surface area (Å²) in [5.74, 6) is -0.465. The van der Waals surface area contributed by atoms with Gasteiger partial charge in [-0.05, 0) is 31.0 Å². The van der Waals surface area contributed by atoms with Crippen molar-refractivity contribution in [3.8, 4) is 0 Å². The summed E-state index contributed by atoms with van der Waals surface area (Å²) in [6.45, 7) is 4.70. The van der Waals surface area contributed by atoms with Crippen molar-refractivity contribution in [3.63, 3.8) is 0 Å². The molecule has 1 heterocycles. The molecule has 0 bridgehead atoms. The third-order valence-electron chi connectivity index (χ3n) is 3.54. The quantitative estimate of drug-likeness (QED) is 0.712. The molecule has 1 atom stereocenters. The second-order valence-corrected chi connectivity index (χ2v) is 5.50. The van der Waals surface area contributed by atoms with Gasteiger partial charge in [-0.1, -0.05) is 12.1 Å². The van der Waals surface area contributed by atoms with Crippen molar-refractivity contribution in [1.29, 1.82) is 0 Å². The highest BCUT2D eigenvalue weighted by Gasteiger charge is 2.16. The molecule has 124 valence electrons. The summed E-state index contributed by atoms with van der Waals surface area (Å²) in [6, 6.07) is 7.13. The van der Waals surface area contributed by atoms with Gasteiger partial charge in [0.1, 0.15) is 17.4 Å². The molecule has 1 N–H and O–H groups in total. The zero-order chi connectivity index (χ0) is 16.7. The van der Waals surface area contributed by atoms with E-state index in [2.05, 4.69) is 6.58 Å². The van der Waals surface area contributed by atoms with Gasteiger partial charge in [-0.2, -0.15) is 0 Å². The third kappa shape index (κ3) is 5.62. The fraction of sp³-hybridized carbons (Fsp3) is 0.333. The molecule has 0 amide bonds. The van der Waals surface area contributed by atoms with Gasteiger partial charge in [0.25, 0.3) is 0 Å². The van der Waals surface area contributed by atoms with Gasteiger partial charge in [0.15, 0.2) is 0 Å². The van der Waals surface area contributed by atoms with E-state index in [1.165, 1.54) is 12.1 Å². The SMILES string of the molecule is C=CCC[C@H](O)CN(Cc1ccco1)Cc1ccc(F)cc1F. The lowest BCUT2D eigenvalue weighted by molar-refractivity contribution is 0.0938. The minimum absolute atomic E-state index is 0.262. The van der Waals surface area contributed by atoms with Crippen LogP contribution >= 0.6 is 0 Å². The van der Waals surface area contributed by atoms with Crippen molar-refractivity contribution in [2.45, 2.75) is 32.0 Å². The van der Waals surface area contributed by atoms with Crippen LogP contribution in [0.2, 0.25) is 0 Å². The Morgan fingerprint density at radius 2 is 2.09 bits per heavy atom. The lowest BCUT2D eigenvalue weighted by Crippen LogP contribution is -2.32. The smallest absolute Gasteiger partial charge is 0.130 e. The number of allylic oxidation sites excluding steroid dienone is 1. The summed E-state index contributed by atoms with van der Waals surface area (Å²) < 4.78 is 32.2. The van der Waals surface area contributed by atoms with E-state index in [-0.39, 0.29) is 6.54 Å². The number of furan rings is 1. The molecule has 3 nitrogen and oxygen atoms in total. The van der Waals surface area contributed by atoms with Gasteiger partial charge in [0.2, 0.25) is 0 Å². The summed E-state index contributed by atoms with van der Waals surface area (Å²) in [7, 11) is 0. The number of aliphatic hydroxyl groups excluding tert-OH is 1. The van der Waals surface area contributed by atoms with Crippen molar-refractivity contribution in [3.05, 3.63) is 72.2 Å². The summed E-state index contributed by atoms with van der Waals surface area (Å²) >= 11 is 0. The van der Waals surface area contributed by atoms with Crippen LogP contribution in [0.1, 0.15) is 24.2 Å². The molecule has 0 aliphatic carbocycles. The Morgan fingerprint density at radius 3 is 2.74 bits per heavy atom. The number of halogens is 2. The Kier molecular flexibility index (Phi) is 6.50. The van der Waals surface area contributed by atoms with Crippen molar-refractivity contribution >= 4 is 0 Å². The van der Waals surface area contributed by atoms with Gasteiger partial charge >= 0.3 is 0 Å². The molecule has 0 saturated heterocycles. The molecule has 23 heavy (non-hydrogen) atoms. The highest BCUT2D eigenvalue weighted by molar-refractivity contribution is 5.18. The fourth-order valence-corrected chi connectivity index (χ4v) is 2.40. The van der Waals surface area contributed by atoms with E-state index in [0.29, 0.717) is 31.5 Å². The first-order chi connectivity index (χ1) is 11.1. The summed E-state index contributed by atoms with van der Waals surface area (Å²) in [5.41, 5.74) is 0.383. The molecule has 0 saturated carbocycles. The van der Waals surface area contributed by atoms with Crippen LogP contribution in [0.5, 0.6) is 0 Å². The normalized spacial score (nSPS) is 12.5. The van der Waals surface area contributed by atoms with E-state index in [1.807, 2.05) is 11.0 Å². The van der Waals surface area contributed by atoms with Crippen molar-refractivity contribution in [2.24, 2.45) is 0 Å². The van der Waals surface area contributed by atoms with E-state index in [4.69, 9.17) is 4.42 Å². The second-order valence-electron chi connectivity index (χ2n) is 5.50. The highest BCUT2D eigenvalue weighted by Crippen LogP contribution is 2.16. The maximum absolute atomic E-state index is 13.9. The van der Waals surface area contributed by atoms with Gasteiger partial charge in [-0.25, -0.2) is 8.78 Å². The van der Waals surface area contributed by atoms with Crippen LogP contribution in [0.3, 0.4) is 0 Å². The van der Waals surface area contributed by atoms with Crippen molar-refractivity contribution in [1.82, 2.24) is 4.90 Å². The maximum atomic E-state index is 13.9. The third-order valence-corrected chi connectivity index (χ3v) is 3.54. The van der Waals surface area contributed by atoms with Gasteiger partial charge in [-0.15, -0.1) is 6.58 Å².